The molecule has 0 unspecified atom stereocenters. The van der Waals surface area contributed by atoms with E-state index in [1.807, 2.05) is 37.3 Å². The smallest absolute Gasteiger partial charge is 0.154 e. The molecule has 21 heavy (non-hydrogen) atoms. The van der Waals surface area contributed by atoms with Crippen LogP contribution < -0.4 is 4.74 Å². The molecule has 0 spiro atoms. The Bertz CT molecular complexity index is 595. The van der Waals surface area contributed by atoms with Gasteiger partial charge in [0.2, 0.25) is 0 Å². The average molecular weight is 309 g/mol. The van der Waals surface area contributed by atoms with E-state index >= 15 is 0 Å². The van der Waals surface area contributed by atoms with Crippen molar-refractivity contribution < 1.29 is 13.2 Å². The molecule has 116 valence electrons. The van der Waals surface area contributed by atoms with Crippen molar-refractivity contribution >= 4 is 15.9 Å². The Morgan fingerprint density at radius 1 is 1.33 bits per heavy atom. The van der Waals surface area contributed by atoms with Crippen molar-refractivity contribution in [3.8, 4) is 5.75 Å². The molecule has 4 nitrogen and oxygen atoms in total. The number of para-hydroxylation sites is 1. The second-order valence-electron chi connectivity index (χ2n) is 5.41. The lowest BCUT2D eigenvalue weighted by molar-refractivity contribution is 0.323. The van der Waals surface area contributed by atoms with Gasteiger partial charge in [0, 0.05) is 18.7 Å². The van der Waals surface area contributed by atoms with Crippen molar-refractivity contribution in [2.24, 2.45) is 0 Å². The number of methoxy groups -OCH3 is 1. The van der Waals surface area contributed by atoms with Gasteiger partial charge in [-0.2, -0.15) is 0 Å². The molecule has 0 bridgehead atoms. The Hall–Kier alpha value is -1.33. The predicted octanol–water partition coefficient (Wildman–Crippen LogP) is 2.22. The van der Waals surface area contributed by atoms with Crippen LogP contribution >= 0.6 is 0 Å². The van der Waals surface area contributed by atoms with E-state index in [1.54, 1.807) is 7.11 Å². The van der Waals surface area contributed by atoms with E-state index < -0.39 is 9.84 Å². The van der Waals surface area contributed by atoms with Gasteiger partial charge in [-0.05, 0) is 26.0 Å². The van der Waals surface area contributed by atoms with Crippen LogP contribution in [0, 0.1) is 0 Å². The highest BCUT2D eigenvalue weighted by Gasteiger charge is 2.25. The number of hydrogen-bond donors (Lipinski definition) is 0. The maximum absolute atomic E-state index is 11.9. The summed E-state index contributed by atoms with van der Waals surface area (Å²) in [7, 11) is -1.24. The lowest BCUT2D eigenvalue weighted by Crippen LogP contribution is -2.27. The van der Waals surface area contributed by atoms with Crippen molar-refractivity contribution in [2.45, 2.75) is 18.6 Å². The molecule has 0 N–H and O–H groups in total. The number of hydrogen-bond acceptors (Lipinski definition) is 4. The van der Waals surface area contributed by atoms with Crippen molar-refractivity contribution in [1.82, 2.24) is 4.90 Å². The minimum Gasteiger partial charge on any atom is -0.496 e. The Labute approximate surface area is 127 Å². The van der Waals surface area contributed by atoms with Crippen LogP contribution in [0.4, 0.5) is 0 Å². The molecule has 2 rings (SSSR count). The molecule has 1 heterocycles. The monoisotopic (exact) mass is 309 g/mol. The Kier molecular flexibility index (Phi) is 5.42. The van der Waals surface area contributed by atoms with Gasteiger partial charge >= 0.3 is 0 Å². The molecule has 1 aromatic rings. The third-order valence-corrected chi connectivity index (χ3v) is 6.17. The second kappa shape index (κ2) is 7.09. The van der Waals surface area contributed by atoms with Crippen LogP contribution in [-0.4, -0.2) is 51.1 Å². The zero-order valence-electron chi connectivity index (χ0n) is 12.7. The summed E-state index contributed by atoms with van der Waals surface area (Å²) in [4.78, 5) is 2.19. The van der Waals surface area contributed by atoms with Crippen LogP contribution in [-0.2, 0) is 9.84 Å². The van der Waals surface area contributed by atoms with Crippen LogP contribution in [0.5, 0.6) is 5.75 Å². The van der Waals surface area contributed by atoms with Gasteiger partial charge < -0.3 is 4.74 Å². The van der Waals surface area contributed by atoms with E-state index in [0.717, 1.165) is 24.4 Å². The van der Waals surface area contributed by atoms with Gasteiger partial charge in [0.15, 0.2) is 9.84 Å². The first-order chi connectivity index (χ1) is 10.0. The molecule has 0 saturated carbocycles. The highest BCUT2D eigenvalue weighted by atomic mass is 32.2. The third kappa shape index (κ3) is 4.32. The largest absolute Gasteiger partial charge is 0.496 e. The second-order valence-corrected chi connectivity index (χ2v) is 7.95. The van der Waals surface area contributed by atoms with E-state index in [4.69, 9.17) is 4.74 Å². The topological polar surface area (TPSA) is 46.6 Å². The van der Waals surface area contributed by atoms with E-state index in [9.17, 15) is 8.42 Å². The summed E-state index contributed by atoms with van der Waals surface area (Å²) < 4.78 is 29.0. The first-order valence-corrected chi connectivity index (χ1v) is 8.98. The van der Waals surface area contributed by atoms with Crippen molar-refractivity contribution in [1.29, 1.82) is 0 Å². The Balaban J connectivity index is 1.95. The standard InChI is InChI=1S/C16H23NO3S/c1-14-9-11-17(12-13-21(14,18)19)10-5-7-15-6-3-4-8-16(15)20-2/h3-8,14H,9-13H2,1-2H3/b7-5+/t14-/m0/s1. The van der Waals surface area contributed by atoms with Gasteiger partial charge in [0.1, 0.15) is 5.75 Å². The quantitative estimate of drug-likeness (QED) is 0.855. The predicted molar refractivity (Wildman–Crippen MR) is 86.3 cm³/mol. The fourth-order valence-electron chi connectivity index (χ4n) is 2.43. The molecule has 0 aromatic heterocycles. The van der Waals surface area contributed by atoms with Crippen LogP contribution in [0.2, 0.25) is 0 Å². The maximum Gasteiger partial charge on any atom is 0.154 e. The van der Waals surface area contributed by atoms with Gasteiger partial charge in [0.25, 0.3) is 0 Å². The van der Waals surface area contributed by atoms with E-state index in [1.165, 1.54) is 0 Å². The molecule has 1 atom stereocenters. The number of benzene rings is 1. The summed E-state index contributed by atoms with van der Waals surface area (Å²) in [6.45, 7) is 4.02. The summed E-state index contributed by atoms with van der Waals surface area (Å²) in [5.74, 6) is 1.11. The van der Waals surface area contributed by atoms with E-state index in [0.29, 0.717) is 13.0 Å². The van der Waals surface area contributed by atoms with Crippen molar-refractivity contribution in [2.75, 3.05) is 32.5 Å². The molecule has 1 aromatic carbocycles. The molecule has 0 amide bonds. The summed E-state index contributed by atoms with van der Waals surface area (Å²) in [5.41, 5.74) is 1.04. The van der Waals surface area contributed by atoms with Gasteiger partial charge in [0.05, 0.1) is 18.1 Å². The Morgan fingerprint density at radius 2 is 2.10 bits per heavy atom. The number of sulfone groups is 1. The maximum atomic E-state index is 11.9. The molecule has 0 aliphatic carbocycles. The summed E-state index contributed by atoms with van der Waals surface area (Å²) in [6, 6.07) is 7.85. The van der Waals surface area contributed by atoms with Crippen LogP contribution in [0.1, 0.15) is 18.9 Å². The van der Waals surface area contributed by atoms with Gasteiger partial charge in [-0.25, -0.2) is 8.42 Å². The van der Waals surface area contributed by atoms with Crippen molar-refractivity contribution in [3.63, 3.8) is 0 Å². The zero-order chi connectivity index (χ0) is 15.3. The highest BCUT2D eigenvalue weighted by Crippen LogP contribution is 2.19. The minimum absolute atomic E-state index is 0.222. The molecule has 1 aliphatic rings. The fourth-order valence-corrected chi connectivity index (χ4v) is 3.81. The van der Waals surface area contributed by atoms with E-state index in [2.05, 4.69) is 11.0 Å². The van der Waals surface area contributed by atoms with Gasteiger partial charge in [-0.1, -0.05) is 30.4 Å². The Morgan fingerprint density at radius 3 is 2.86 bits per heavy atom. The molecule has 1 fully saturated rings. The van der Waals surface area contributed by atoms with Gasteiger partial charge in [-0.3, -0.25) is 4.90 Å². The number of rotatable bonds is 4. The fraction of sp³-hybridized carbons (Fsp3) is 0.500. The van der Waals surface area contributed by atoms with Crippen molar-refractivity contribution in [3.05, 3.63) is 35.9 Å². The first kappa shape index (κ1) is 16.0. The van der Waals surface area contributed by atoms with Gasteiger partial charge in [-0.15, -0.1) is 0 Å². The summed E-state index contributed by atoms with van der Waals surface area (Å²) in [6.07, 6.45) is 4.81. The number of nitrogens with zero attached hydrogens (tertiary/aromatic N) is 1. The molecule has 1 saturated heterocycles. The zero-order valence-corrected chi connectivity index (χ0v) is 13.5. The lowest BCUT2D eigenvalue weighted by Gasteiger charge is -2.16. The van der Waals surface area contributed by atoms with Crippen LogP contribution in [0.3, 0.4) is 0 Å². The SMILES string of the molecule is COc1ccccc1/C=C/CN1CC[C@H](C)S(=O)(=O)CC1. The summed E-state index contributed by atoms with van der Waals surface area (Å²) in [5, 5.41) is -0.222. The minimum atomic E-state index is -2.90. The molecular weight excluding hydrogens is 286 g/mol. The lowest BCUT2D eigenvalue weighted by atomic mass is 10.2. The third-order valence-electron chi connectivity index (χ3n) is 3.96. The average Bonchev–Trinajstić information content (AvgIpc) is 2.60. The first-order valence-electron chi connectivity index (χ1n) is 7.26. The highest BCUT2D eigenvalue weighted by molar-refractivity contribution is 7.92. The van der Waals surface area contributed by atoms with Crippen LogP contribution in [0.15, 0.2) is 30.3 Å². The number of ether oxygens (including phenoxy) is 1. The van der Waals surface area contributed by atoms with Crippen LogP contribution in [0.25, 0.3) is 6.08 Å². The molecule has 1 aliphatic heterocycles. The molecular formula is C16H23NO3S. The molecule has 0 radical (unpaired) electrons. The molecule has 5 heteroatoms. The summed E-state index contributed by atoms with van der Waals surface area (Å²) >= 11 is 0. The van der Waals surface area contributed by atoms with E-state index in [-0.39, 0.29) is 11.0 Å². The normalized spacial score (nSPS) is 23.0.